The first-order chi connectivity index (χ1) is 10.6. The highest BCUT2D eigenvalue weighted by molar-refractivity contribution is 5.94. The van der Waals surface area contributed by atoms with E-state index in [-0.39, 0.29) is 23.9 Å². The topological polar surface area (TPSA) is 55.4 Å². The maximum absolute atomic E-state index is 12.0. The fourth-order valence-corrected chi connectivity index (χ4v) is 3.54. The number of esters is 1. The lowest BCUT2D eigenvalue weighted by molar-refractivity contribution is -0.139. The molecule has 2 unspecified atom stereocenters. The van der Waals surface area contributed by atoms with E-state index in [0.717, 1.165) is 12.8 Å². The summed E-state index contributed by atoms with van der Waals surface area (Å²) in [5, 5.41) is 2.74. The van der Waals surface area contributed by atoms with Crippen molar-refractivity contribution in [3.8, 4) is 0 Å². The molecule has 0 saturated heterocycles. The van der Waals surface area contributed by atoms with Crippen molar-refractivity contribution >= 4 is 11.9 Å². The molecule has 0 spiro atoms. The molecule has 0 radical (unpaired) electrons. The molecular weight excluding hydrogens is 278 g/mol. The summed E-state index contributed by atoms with van der Waals surface area (Å²) < 4.78 is 5.24. The molecule has 22 heavy (non-hydrogen) atoms. The number of benzene rings is 1. The molecule has 3 rings (SSSR count). The molecule has 116 valence electrons. The van der Waals surface area contributed by atoms with Crippen molar-refractivity contribution in [2.45, 2.75) is 25.7 Å². The van der Waals surface area contributed by atoms with Crippen LogP contribution >= 0.6 is 0 Å². The Morgan fingerprint density at radius 1 is 1.32 bits per heavy atom. The van der Waals surface area contributed by atoms with Crippen molar-refractivity contribution in [2.24, 2.45) is 11.3 Å². The van der Waals surface area contributed by atoms with Gasteiger partial charge in [0, 0.05) is 16.6 Å². The van der Waals surface area contributed by atoms with Gasteiger partial charge in [0.25, 0.3) is 5.91 Å². The highest BCUT2D eigenvalue weighted by Crippen LogP contribution is 2.67. The third-order valence-corrected chi connectivity index (χ3v) is 4.91. The van der Waals surface area contributed by atoms with Gasteiger partial charge in [-0.25, -0.2) is 4.79 Å². The fourth-order valence-electron chi connectivity index (χ4n) is 3.54. The summed E-state index contributed by atoms with van der Waals surface area (Å²) in [4.78, 5) is 23.9. The Kier molecular flexibility index (Phi) is 4.01. The lowest BCUT2D eigenvalue weighted by Crippen LogP contribution is -2.28. The van der Waals surface area contributed by atoms with Gasteiger partial charge < -0.3 is 10.1 Å². The van der Waals surface area contributed by atoms with Crippen LogP contribution < -0.4 is 5.32 Å². The van der Waals surface area contributed by atoms with Crippen LogP contribution in [0, 0.1) is 11.3 Å². The molecule has 1 aromatic rings. The normalized spacial score (nSPS) is 25.2. The van der Waals surface area contributed by atoms with Crippen molar-refractivity contribution < 1.29 is 14.3 Å². The van der Waals surface area contributed by atoms with E-state index < -0.39 is 0 Å². The highest BCUT2D eigenvalue weighted by Gasteiger charge is 2.60. The van der Waals surface area contributed by atoms with E-state index in [0.29, 0.717) is 23.6 Å². The molecule has 2 saturated carbocycles. The second-order valence-electron chi connectivity index (χ2n) is 6.19. The van der Waals surface area contributed by atoms with Gasteiger partial charge in [0.2, 0.25) is 0 Å². The average Bonchev–Trinajstić information content (AvgIpc) is 3.12. The predicted octanol–water partition coefficient (Wildman–Crippen LogP) is 2.71. The molecule has 2 aliphatic carbocycles. The monoisotopic (exact) mass is 299 g/mol. The van der Waals surface area contributed by atoms with Gasteiger partial charge in [0.1, 0.15) is 6.61 Å². The van der Waals surface area contributed by atoms with E-state index in [4.69, 9.17) is 4.74 Å². The Morgan fingerprint density at radius 2 is 2.09 bits per heavy atom. The first-order valence-electron chi connectivity index (χ1n) is 7.83. The molecule has 0 heterocycles. The summed E-state index contributed by atoms with van der Waals surface area (Å²) in [5.74, 6) is 0.177. The first kappa shape index (κ1) is 14.8. The minimum atomic E-state index is -0.307. The summed E-state index contributed by atoms with van der Waals surface area (Å²) in [6.07, 6.45) is 4.55. The van der Waals surface area contributed by atoms with Crippen LogP contribution in [0.2, 0.25) is 0 Å². The van der Waals surface area contributed by atoms with Crippen LogP contribution in [-0.2, 0) is 9.53 Å². The van der Waals surface area contributed by atoms with Crippen molar-refractivity contribution in [3.05, 3.63) is 48.0 Å². The van der Waals surface area contributed by atoms with Crippen molar-refractivity contribution in [3.63, 3.8) is 0 Å². The van der Waals surface area contributed by atoms with E-state index in [1.165, 1.54) is 12.8 Å². The summed E-state index contributed by atoms with van der Waals surface area (Å²) in [7, 11) is 0. The Morgan fingerprint density at radius 3 is 2.73 bits per heavy atom. The zero-order chi connectivity index (χ0) is 15.6. The second kappa shape index (κ2) is 5.95. The molecular formula is C18H21NO3. The van der Waals surface area contributed by atoms with Gasteiger partial charge in [0.15, 0.2) is 0 Å². The van der Waals surface area contributed by atoms with Gasteiger partial charge in [-0.1, -0.05) is 31.2 Å². The van der Waals surface area contributed by atoms with E-state index in [9.17, 15) is 9.59 Å². The minimum Gasteiger partial charge on any atom is -0.460 e. The Balaban J connectivity index is 1.39. The van der Waals surface area contributed by atoms with Crippen LogP contribution in [0.25, 0.3) is 0 Å². The third kappa shape index (κ3) is 2.78. The lowest BCUT2D eigenvalue weighted by atomic mass is 9.94. The molecule has 4 nitrogen and oxygen atoms in total. The van der Waals surface area contributed by atoms with E-state index in [1.54, 1.807) is 12.1 Å². The van der Waals surface area contributed by atoms with Gasteiger partial charge >= 0.3 is 5.97 Å². The van der Waals surface area contributed by atoms with Gasteiger partial charge in [-0.15, -0.1) is 0 Å². The van der Waals surface area contributed by atoms with E-state index >= 15 is 0 Å². The van der Waals surface area contributed by atoms with Crippen molar-refractivity contribution in [1.82, 2.24) is 5.32 Å². The van der Waals surface area contributed by atoms with Crippen molar-refractivity contribution in [2.75, 3.05) is 13.2 Å². The first-order valence-corrected chi connectivity index (χ1v) is 7.83. The number of rotatable bonds is 6. The summed E-state index contributed by atoms with van der Waals surface area (Å²) >= 11 is 0. The molecule has 0 aliphatic heterocycles. The Bertz CT molecular complexity index is 596. The number of carbonyl (C=O) groups is 2. The Labute approximate surface area is 130 Å². The summed E-state index contributed by atoms with van der Waals surface area (Å²) in [6, 6.07) is 8.97. The molecule has 1 aromatic carbocycles. The predicted molar refractivity (Wildman–Crippen MR) is 83.3 cm³/mol. The van der Waals surface area contributed by atoms with Gasteiger partial charge in [-0.3, -0.25) is 4.79 Å². The maximum atomic E-state index is 12.0. The van der Waals surface area contributed by atoms with Crippen molar-refractivity contribution in [1.29, 1.82) is 0 Å². The van der Waals surface area contributed by atoms with Gasteiger partial charge in [-0.05, 0) is 37.3 Å². The van der Waals surface area contributed by atoms with Gasteiger partial charge in [-0.2, -0.15) is 0 Å². The zero-order valence-electron chi connectivity index (χ0n) is 12.6. The SMILES string of the molecule is C=C(C(=O)OCCNC(=O)c1ccccc1)C12CCCC1C2. The molecule has 2 aliphatic rings. The zero-order valence-corrected chi connectivity index (χ0v) is 12.6. The molecule has 4 heteroatoms. The van der Waals surface area contributed by atoms with Crippen LogP contribution in [0.3, 0.4) is 0 Å². The van der Waals surface area contributed by atoms with Crippen LogP contribution in [0.4, 0.5) is 0 Å². The number of ether oxygens (including phenoxy) is 1. The number of hydrogen-bond donors (Lipinski definition) is 1. The molecule has 0 bridgehead atoms. The number of nitrogens with one attached hydrogen (secondary N) is 1. The standard InChI is InChI=1S/C18H21NO3/c1-13(18-9-5-8-15(18)12-18)17(21)22-11-10-19-16(20)14-6-3-2-4-7-14/h2-4,6-7,15H,1,5,8-12H2,(H,19,20). The minimum absolute atomic E-state index is 0.0460. The summed E-state index contributed by atoms with van der Waals surface area (Å²) in [6.45, 7) is 4.44. The number of carbonyl (C=O) groups excluding carboxylic acids is 2. The van der Waals surface area contributed by atoms with Gasteiger partial charge in [0.05, 0.1) is 6.54 Å². The van der Waals surface area contributed by atoms with Crippen LogP contribution in [0.1, 0.15) is 36.0 Å². The lowest BCUT2D eigenvalue weighted by Gasteiger charge is -2.14. The molecule has 2 fully saturated rings. The number of hydrogen-bond acceptors (Lipinski definition) is 3. The quantitative estimate of drug-likeness (QED) is 0.499. The third-order valence-electron chi connectivity index (χ3n) is 4.91. The largest absolute Gasteiger partial charge is 0.460 e. The highest BCUT2D eigenvalue weighted by atomic mass is 16.5. The van der Waals surface area contributed by atoms with Crippen LogP contribution in [0.15, 0.2) is 42.5 Å². The molecule has 2 atom stereocenters. The Hall–Kier alpha value is -2.10. The molecule has 1 N–H and O–H groups in total. The van der Waals surface area contributed by atoms with E-state index in [1.807, 2.05) is 18.2 Å². The number of amides is 1. The second-order valence-corrected chi connectivity index (χ2v) is 6.19. The van der Waals surface area contributed by atoms with Crippen LogP contribution in [0.5, 0.6) is 0 Å². The smallest absolute Gasteiger partial charge is 0.334 e. The average molecular weight is 299 g/mol. The molecule has 1 amide bonds. The van der Waals surface area contributed by atoms with E-state index in [2.05, 4.69) is 11.9 Å². The summed E-state index contributed by atoms with van der Waals surface area (Å²) in [5.41, 5.74) is 1.28. The van der Waals surface area contributed by atoms with Crippen LogP contribution in [-0.4, -0.2) is 25.0 Å². The number of fused-ring (bicyclic) bond motifs is 1. The molecule has 0 aromatic heterocycles. The maximum Gasteiger partial charge on any atom is 0.334 e. The fraction of sp³-hybridized carbons (Fsp3) is 0.444.